The Kier molecular flexibility index (Phi) is 5.66. The molecule has 9 heteroatoms. The molecule has 148 valence electrons. The van der Waals surface area contributed by atoms with Crippen molar-refractivity contribution in [1.29, 1.82) is 0 Å². The van der Waals surface area contributed by atoms with Gasteiger partial charge in [0.25, 0.3) is 0 Å². The summed E-state index contributed by atoms with van der Waals surface area (Å²) in [5, 5.41) is 7.88. The third-order valence-electron chi connectivity index (χ3n) is 4.60. The van der Waals surface area contributed by atoms with Gasteiger partial charge >= 0.3 is 5.69 Å². The lowest BCUT2D eigenvalue weighted by molar-refractivity contribution is -0.121. The molecule has 3 aromatic rings. The number of benzene rings is 2. The highest BCUT2D eigenvalue weighted by Gasteiger charge is 2.11. The smallest absolute Gasteiger partial charge is 0.328 e. The third-order valence-corrected chi connectivity index (χ3v) is 5.53. The van der Waals surface area contributed by atoms with Gasteiger partial charge in [0.15, 0.2) is 0 Å². The van der Waals surface area contributed by atoms with E-state index in [9.17, 15) is 18.0 Å². The fourth-order valence-corrected chi connectivity index (χ4v) is 3.59. The van der Waals surface area contributed by atoms with E-state index in [2.05, 4.69) is 5.32 Å². The predicted octanol–water partition coefficient (Wildman–Crippen LogP) is 0.736. The Morgan fingerprint density at radius 3 is 2.36 bits per heavy atom. The molecule has 0 aliphatic rings. The molecule has 0 saturated carbocycles. The molecule has 8 nitrogen and oxygen atoms in total. The maximum atomic E-state index is 12.3. The maximum absolute atomic E-state index is 12.3. The van der Waals surface area contributed by atoms with Crippen LogP contribution >= 0.6 is 0 Å². The minimum absolute atomic E-state index is 0.0563. The van der Waals surface area contributed by atoms with Crippen LogP contribution in [0.5, 0.6) is 0 Å². The molecular formula is C19H22N4O4S. The summed E-state index contributed by atoms with van der Waals surface area (Å²) in [4.78, 5) is 24.5. The second kappa shape index (κ2) is 7.99. The number of nitrogens with one attached hydrogen (secondary N) is 1. The first-order valence-electron chi connectivity index (χ1n) is 8.80. The van der Waals surface area contributed by atoms with E-state index < -0.39 is 10.0 Å². The van der Waals surface area contributed by atoms with Crippen LogP contribution < -0.4 is 16.1 Å². The van der Waals surface area contributed by atoms with E-state index in [4.69, 9.17) is 5.14 Å². The zero-order valence-corrected chi connectivity index (χ0v) is 16.3. The zero-order valence-electron chi connectivity index (χ0n) is 15.5. The van der Waals surface area contributed by atoms with Gasteiger partial charge in [-0.1, -0.05) is 24.3 Å². The largest absolute Gasteiger partial charge is 0.356 e. The van der Waals surface area contributed by atoms with Crippen molar-refractivity contribution in [1.82, 2.24) is 14.5 Å². The average molecular weight is 402 g/mol. The highest BCUT2D eigenvalue weighted by molar-refractivity contribution is 7.89. The van der Waals surface area contributed by atoms with E-state index in [-0.39, 0.29) is 22.9 Å². The lowest BCUT2D eigenvalue weighted by Crippen LogP contribution is -2.29. The fraction of sp³-hybridized carbons (Fsp3) is 0.263. The molecule has 0 aliphatic carbocycles. The molecule has 0 aliphatic heterocycles. The summed E-state index contributed by atoms with van der Waals surface area (Å²) in [5.74, 6) is -0.152. The van der Waals surface area contributed by atoms with Gasteiger partial charge in [-0.05, 0) is 36.2 Å². The second-order valence-electron chi connectivity index (χ2n) is 6.52. The molecule has 3 rings (SSSR count). The van der Waals surface area contributed by atoms with Gasteiger partial charge in [-0.25, -0.2) is 18.4 Å². The molecule has 0 radical (unpaired) electrons. The van der Waals surface area contributed by atoms with Gasteiger partial charge in [-0.2, -0.15) is 0 Å². The molecule has 2 aromatic carbocycles. The standard InChI is InChI=1S/C19H22N4O4S/c1-22-16-4-2-3-5-17(16)23(19(22)25)13-11-18(24)21-12-10-14-6-8-15(9-7-14)28(20,26)27/h2-9H,10-13H2,1H3,(H,21,24)(H2,20,26,27). The maximum Gasteiger partial charge on any atom is 0.328 e. The van der Waals surface area contributed by atoms with Crippen LogP contribution in [0.2, 0.25) is 0 Å². The Labute approximate surface area is 162 Å². The lowest BCUT2D eigenvalue weighted by atomic mass is 10.1. The van der Waals surface area contributed by atoms with E-state index in [1.807, 2.05) is 24.3 Å². The van der Waals surface area contributed by atoms with Crippen LogP contribution in [0.4, 0.5) is 0 Å². The molecule has 0 atom stereocenters. The predicted molar refractivity (Wildman–Crippen MR) is 106 cm³/mol. The molecular weight excluding hydrogens is 380 g/mol. The van der Waals surface area contributed by atoms with Crippen LogP contribution in [-0.2, 0) is 34.8 Å². The first kappa shape index (κ1) is 19.8. The molecule has 1 amide bonds. The number of para-hydroxylation sites is 2. The minimum Gasteiger partial charge on any atom is -0.356 e. The molecule has 0 bridgehead atoms. The van der Waals surface area contributed by atoms with Gasteiger partial charge < -0.3 is 5.32 Å². The summed E-state index contributed by atoms with van der Waals surface area (Å²) >= 11 is 0. The highest BCUT2D eigenvalue weighted by atomic mass is 32.2. The van der Waals surface area contributed by atoms with Crippen molar-refractivity contribution < 1.29 is 13.2 Å². The summed E-state index contributed by atoms with van der Waals surface area (Å²) in [6.45, 7) is 0.715. The zero-order chi connectivity index (χ0) is 20.3. The fourth-order valence-electron chi connectivity index (χ4n) is 3.07. The summed E-state index contributed by atoms with van der Waals surface area (Å²) in [6.07, 6.45) is 0.753. The van der Waals surface area contributed by atoms with E-state index in [1.54, 1.807) is 28.3 Å². The number of carbonyl (C=O) groups excluding carboxylic acids is 1. The Morgan fingerprint density at radius 2 is 1.71 bits per heavy atom. The molecule has 28 heavy (non-hydrogen) atoms. The van der Waals surface area contributed by atoms with Crippen LogP contribution in [0.15, 0.2) is 58.2 Å². The van der Waals surface area contributed by atoms with Gasteiger partial charge in [0.05, 0.1) is 15.9 Å². The number of nitrogens with zero attached hydrogens (tertiary/aromatic N) is 2. The molecule has 0 spiro atoms. The van der Waals surface area contributed by atoms with E-state index in [1.165, 1.54) is 12.1 Å². The number of imidazole rings is 1. The first-order valence-corrected chi connectivity index (χ1v) is 10.3. The number of amides is 1. The summed E-state index contributed by atoms with van der Waals surface area (Å²) in [6, 6.07) is 13.7. The third kappa shape index (κ3) is 4.32. The molecule has 1 aromatic heterocycles. The van der Waals surface area contributed by atoms with E-state index in [0.29, 0.717) is 19.5 Å². The second-order valence-corrected chi connectivity index (χ2v) is 8.08. The molecule has 0 saturated heterocycles. The van der Waals surface area contributed by atoms with Gasteiger partial charge in [-0.15, -0.1) is 0 Å². The number of carbonyl (C=O) groups is 1. The Bertz CT molecular complexity index is 1160. The topological polar surface area (TPSA) is 116 Å². The number of rotatable bonds is 7. The number of nitrogens with two attached hydrogens (primary N) is 1. The van der Waals surface area contributed by atoms with Gasteiger partial charge in [-0.3, -0.25) is 13.9 Å². The van der Waals surface area contributed by atoms with Crippen molar-refractivity contribution in [3.8, 4) is 0 Å². The molecule has 0 unspecified atom stereocenters. The van der Waals surface area contributed by atoms with Crippen molar-refractivity contribution in [2.75, 3.05) is 6.54 Å². The van der Waals surface area contributed by atoms with Gasteiger partial charge in [0.1, 0.15) is 0 Å². The van der Waals surface area contributed by atoms with E-state index >= 15 is 0 Å². The van der Waals surface area contributed by atoms with E-state index in [0.717, 1.165) is 16.6 Å². The quantitative estimate of drug-likeness (QED) is 0.606. The number of hydrogen-bond donors (Lipinski definition) is 2. The normalized spacial score (nSPS) is 11.6. The lowest BCUT2D eigenvalue weighted by Gasteiger charge is -2.07. The minimum atomic E-state index is -3.70. The Balaban J connectivity index is 1.53. The first-order chi connectivity index (χ1) is 13.3. The summed E-state index contributed by atoms with van der Waals surface area (Å²) in [5.41, 5.74) is 2.37. The Hall–Kier alpha value is -2.91. The summed E-state index contributed by atoms with van der Waals surface area (Å²) in [7, 11) is -1.99. The van der Waals surface area contributed by atoms with Crippen molar-refractivity contribution in [2.45, 2.75) is 24.3 Å². The van der Waals surface area contributed by atoms with Crippen LogP contribution in [-0.4, -0.2) is 30.0 Å². The van der Waals surface area contributed by atoms with Crippen molar-refractivity contribution in [3.63, 3.8) is 0 Å². The van der Waals surface area contributed by atoms with Crippen molar-refractivity contribution in [3.05, 3.63) is 64.6 Å². The van der Waals surface area contributed by atoms with Crippen LogP contribution in [0.25, 0.3) is 11.0 Å². The molecule has 3 N–H and O–H groups in total. The number of sulfonamides is 1. The number of primary sulfonamides is 1. The monoisotopic (exact) mass is 402 g/mol. The molecule has 0 fully saturated rings. The van der Waals surface area contributed by atoms with Gasteiger partial charge in [0.2, 0.25) is 15.9 Å². The summed E-state index contributed by atoms with van der Waals surface area (Å²) < 4.78 is 25.6. The molecule has 1 heterocycles. The Morgan fingerprint density at radius 1 is 1.07 bits per heavy atom. The number of fused-ring (bicyclic) bond motifs is 1. The van der Waals surface area contributed by atoms with Crippen molar-refractivity contribution >= 4 is 27.0 Å². The van der Waals surface area contributed by atoms with Crippen LogP contribution in [0.3, 0.4) is 0 Å². The van der Waals surface area contributed by atoms with Crippen LogP contribution in [0.1, 0.15) is 12.0 Å². The van der Waals surface area contributed by atoms with Crippen molar-refractivity contribution in [2.24, 2.45) is 12.2 Å². The SMILES string of the molecule is Cn1c(=O)n(CCC(=O)NCCc2ccc(S(N)(=O)=O)cc2)c2ccccc21. The highest BCUT2D eigenvalue weighted by Crippen LogP contribution is 2.12. The van der Waals surface area contributed by atoms with Gasteiger partial charge in [0, 0.05) is 26.6 Å². The average Bonchev–Trinajstić information content (AvgIpc) is 2.91. The number of aromatic nitrogens is 2. The number of hydrogen-bond acceptors (Lipinski definition) is 4. The van der Waals surface area contributed by atoms with Crippen LogP contribution in [0, 0.1) is 0 Å². The number of aryl methyl sites for hydroxylation is 2.